The van der Waals surface area contributed by atoms with Gasteiger partial charge in [-0.2, -0.15) is 0 Å². The van der Waals surface area contributed by atoms with Crippen LogP contribution in [-0.4, -0.2) is 28.1 Å². The standard InChI is InChI=1S/C14H16BrNO2/c15-10-1-6-13-9(7-10)8-16(14(13)18)11-2-4-12(17)5-3-11/h1,6-7,11-12,17H,2-5,8H2/t11-,12+. The molecule has 0 atom stereocenters. The maximum Gasteiger partial charge on any atom is 0.254 e. The summed E-state index contributed by atoms with van der Waals surface area (Å²) in [4.78, 5) is 14.3. The van der Waals surface area contributed by atoms with E-state index >= 15 is 0 Å². The lowest BCUT2D eigenvalue weighted by Gasteiger charge is -2.32. The number of halogens is 1. The van der Waals surface area contributed by atoms with E-state index in [1.54, 1.807) is 0 Å². The predicted molar refractivity (Wildman–Crippen MR) is 72.3 cm³/mol. The summed E-state index contributed by atoms with van der Waals surface area (Å²) in [6.45, 7) is 0.717. The Morgan fingerprint density at radius 2 is 1.94 bits per heavy atom. The van der Waals surface area contributed by atoms with Crippen LogP contribution in [0.1, 0.15) is 41.6 Å². The van der Waals surface area contributed by atoms with Gasteiger partial charge in [0.2, 0.25) is 0 Å². The second kappa shape index (κ2) is 4.67. The molecule has 1 saturated carbocycles. The van der Waals surface area contributed by atoms with Crippen LogP contribution in [0.5, 0.6) is 0 Å². The first kappa shape index (κ1) is 12.2. The molecule has 4 heteroatoms. The normalized spacial score (nSPS) is 27.4. The van der Waals surface area contributed by atoms with E-state index in [2.05, 4.69) is 15.9 Å². The van der Waals surface area contributed by atoms with Crippen LogP contribution in [0.2, 0.25) is 0 Å². The number of hydrogen-bond acceptors (Lipinski definition) is 2. The second-order valence-electron chi connectivity index (χ2n) is 5.20. The summed E-state index contributed by atoms with van der Waals surface area (Å²) < 4.78 is 1.02. The molecular formula is C14H16BrNO2. The largest absolute Gasteiger partial charge is 0.393 e. The van der Waals surface area contributed by atoms with Gasteiger partial charge in [0, 0.05) is 22.6 Å². The van der Waals surface area contributed by atoms with Crippen molar-refractivity contribution >= 4 is 21.8 Å². The van der Waals surface area contributed by atoms with Crippen molar-refractivity contribution in [2.24, 2.45) is 0 Å². The monoisotopic (exact) mass is 309 g/mol. The first-order chi connectivity index (χ1) is 8.65. The van der Waals surface area contributed by atoms with Gasteiger partial charge in [-0.25, -0.2) is 0 Å². The molecule has 3 nitrogen and oxygen atoms in total. The van der Waals surface area contributed by atoms with E-state index in [0.717, 1.165) is 41.3 Å². The van der Waals surface area contributed by atoms with Crippen LogP contribution in [0.4, 0.5) is 0 Å². The van der Waals surface area contributed by atoms with Crippen molar-refractivity contribution in [3.05, 3.63) is 33.8 Å². The zero-order valence-electron chi connectivity index (χ0n) is 10.1. The van der Waals surface area contributed by atoms with Gasteiger partial charge in [0.05, 0.1) is 6.10 Å². The number of amides is 1. The van der Waals surface area contributed by atoms with Crippen molar-refractivity contribution in [2.45, 2.75) is 44.4 Å². The van der Waals surface area contributed by atoms with E-state index in [9.17, 15) is 9.90 Å². The van der Waals surface area contributed by atoms with Crippen LogP contribution >= 0.6 is 15.9 Å². The fourth-order valence-corrected chi connectivity index (χ4v) is 3.39. The first-order valence-electron chi connectivity index (χ1n) is 6.42. The molecule has 0 aromatic heterocycles. The SMILES string of the molecule is O=C1c2ccc(Br)cc2CN1[C@H]1CC[C@@H](O)CC1. The Balaban J connectivity index is 1.80. The lowest BCUT2D eigenvalue weighted by molar-refractivity contribution is 0.0519. The van der Waals surface area contributed by atoms with Crippen LogP contribution in [0.3, 0.4) is 0 Å². The summed E-state index contributed by atoms with van der Waals surface area (Å²) in [7, 11) is 0. The average molecular weight is 310 g/mol. The van der Waals surface area contributed by atoms with Crippen LogP contribution in [0, 0.1) is 0 Å². The molecule has 3 rings (SSSR count). The third-order valence-electron chi connectivity index (χ3n) is 4.01. The van der Waals surface area contributed by atoms with E-state index in [-0.39, 0.29) is 12.0 Å². The lowest BCUT2D eigenvalue weighted by atomic mass is 9.92. The van der Waals surface area contributed by atoms with Gasteiger partial charge in [-0.1, -0.05) is 15.9 Å². The Morgan fingerprint density at radius 1 is 1.22 bits per heavy atom. The summed E-state index contributed by atoms with van der Waals surface area (Å²) in [6.07, 6.45) is 3.29. The molecule has 1 amide bonds. The van der Waals surface area contributed by atoms with E-state index in [1.165, 1.54) is 0 Å². The maximum absolute atomic E-state index is 12.3. The zero-order chi connectivity index (χ0) is 12.7. The molecule has 0 radical (unpaired) electrons. The lowest BCUT2D eigenvalue weighted by Crippen LogP contribution is -2.39. The molecule has 1 aliphatic carbocycles. The highest BCUT2D eigenvalue weighted by Gasteiger charge is 2.34. The summed E-state index contributed by atoms with van der Waals surface area (Å²) in [6, 6.07) is 6.15. The number of hydrogen-bond donors (Lipinski definition) is 1. The van der Waals surface area contributed by atoms with E-state index in [1.807, 2.05) is 23.1 Å². The van der Waals surface area contributed by atoms with Gasteiger partial charge in [0.15, 0.2) is 0 Å². The number of aliphatic hydroxyl groups is 1. The number of carbonyl (C=O) groups is 1. The van der Waals surface area contributed by atoms with Gasteiger partial charge in [-0.15, -0.1) is 0 Å². The van der Waals surface area contributed by atoms with Crippen LogP contribution in [0.25, 0.3) is 0 Å². The van der Waals surface area contributed by atoms with Gasteiger partial charge in [0.1, 0.15) is 0 Å². The van der Waals surface area contributed by atoms with Gasteiger partial charge < -0.3 is 10.0 Å². The average Bonchev–Trinajstić information content (AvgIpc) is 2.67. The van der Waals surface area contributed by atoms with Crippen molar-refractivity contribution < 1.29 is 9.90 Å². The number of carbonyl (C=O) groups excluding carboxylic acids is 1. The molecule has 0 unspecified atom stereocenters. The molecule has 1 fully saturated rings. The molecule has 1 heterocycles. The van der Waals surface area contributed by atoms with Crippen molar-refractivity contribution in [1.82, 2.24) is 4.90 Å². The summed E-state index contributed by atoms with van der Waals surface area (Å²) >= 11 is 3.45. The zero-order valence-corrected chi connectivity index (χ0v) is 11.7. The molecular weight excluding hydrogens is 294 g/mol. The highest BCUT2D eigenvalue weighted by molar-refractivity contribution is 9.10. The Labute approximate surface area is 115 Å². The number of benzene rings is 1. The van der Waals surface area contributed by atoms with Crippen molar-refractivity contribution in [1.29, 1.82) is 0 Å². The Bertz CT molecular complexity index is 481. The topological polar surface area (TPSA) is 40.5 Å². The highest BCUT2D eigenvalue weighted by atomic mass is 79.9. The quantitative estimate of drug-likeness (QED) is 0.866. The van der Waals surface area contributed by atoms with E-state index < -0.39 is 0 Å². The highest BCUT2D eigenvalue weighted by Crippen LogP contribution is 2.32. The van der Waals surface area contributed by atoms with Gasteiger partial charge >= 0.3 is 0 Å². The number of fused-ring (bicyclic) bond motifs is 1. The minimum atomic E-state index is -0.171. The molecule has 0 spiro atoms. The number of nitrogens with zero attached hydrogens (tertiary/aromatic N) is 1. The fourth-order valence-electron chi connectivity index (χ4n) is 2.98. The van der Waals surface area contributed by atoms with Crippen LogP contribution < -0.4 is 0 Å². The minimum Gasteiger partial charge on any atom is -0.393 e. The molecule has 0 saturated heterocycles. The van der Waals surface area contributed by atoms with Crippen LogP contribution in [-0.2, 0) is 6.54 Å². The smallest absolute Gasteiger partial charge is 0.254 e. The predicted octanol–water partition coefficient (Wildman–Crippen LogP) is 2.71. The molecule has 96 valence electrons. The molecule has 1 N–H and O–H groups in total. The molecule has 0 bridgehead atoms. The summed E-state index contributed by atoms with van der Waals surface area (Å²) in [5.74, 6) is 0.152. The molecule has 18 heavy (non-hydrogen) atoms. The van der Waals surface area contributed by atoms with Crippen LogP contribution in [0.15, 0.2) is 22.7 Å². The fraction of sp³-hybridized carbons (Fsp3) is 0.500. The second-order valence-corrected chi connectivity index (χ2v) is 6.11. The number of rotatable bonds is 1. The van der Waals surface area contributed by atoms with E-state index in [4.69, 9.17) is 0 Å². The third-order valence-corrected chi connectivity index (χ3v) is 4.50. The Kier molecular flexibility index (Phi) is 3.16. The van der Waals surface area contributed by atoms with Crippen molar-refractivity contribution in [2.75, 3.05) is 0 Å². The van der Waals surface area contributed by atoms with Crippen molar-refractivity contribution in [3.63, 3.8) is 0 Å². The van der Waals surface area contributed by atoms with Gasteiger partial charge in [0.25, 0.3) is 5.91 Å². The Hall–Kier alpha value is -0.870. The molecule has 1 aromatic carbocycles. The maximum atomic E-state index is 12.3. The van der Waals surface area contributed by atoms with Crippen molar-refractivity contribution in [3.8, 4) is 0 Å². The van der Waals surface area contributed by atoms with Gasteiger partial charge in [-0.3, -0.25) is 4.79 Å². The first-order valence-corrected chi connectivity index (χ1v) is 7.22. The summed E-state index contributed by atoms with van der Waals surface area (Å²) in [5.41, 5.74) is 1.95. The van der Waals surface area contributed by atoms with Gasteiger partial charge in [-0.05, 0) is 49.4 Å². The molecule has 2 aliphatic rings. The molecule has 1 aromatic rings. The Morgan fingerprint density at radius 3 is 2.67 bits per heavy atom. The minimum absolute atomic E-state index is 0.152. The molecule has 1 aliphatic heterocycles. The van der Waals surface area contributed by atoms with E-state index in [0.29, 0.717) is 12.6 Å². The number of aliphatic hydroxyl groups excluding tert-OH is 1. The third kappa shape index (κ3) is 2.08. The summed E-state index contributed by atoms with van der Waals surface area (Å²) in [5, 5.41) is 9.54.